The molecule has 7 nitrogen and oxygen atoms in total. The fraction of sp³-hybridized carbons (Fsp3) is 0.333. The molecule has 1 amide bonds. The molecular formula is C24H24N2O5S. The van der Waals surface area contributed by atoms with E-state index in [0.29, 0.717) is 40.0 Å². The molecule has 0 bridgehead atoms. The van der Waals surface area contributed by atoms with Crippen LogP contribution >= 0.6 is 11.8 Å². The molecule has 8 heteroatoms. The Morgan fingerprint density at radius 3 is 2.56 bits per heavy atom. The smallest absolute Gasteiger partial charge is 0.231 e. The van der Waals surface area contributed by atoms with Crippen LogP contribution in [0.5, 0.6) is 17.2 Å². The average Bonchev–Trinajstić information content (AvgIpc) is 3.18. The average molecular weight is 453 g/mol. The van der Waals surface area contributed by atoms with Crippen LogP contribution in [0, 0.1) is 11.3 Å². The minimum atomic E-state index is -1.52. The van der Waals surface area contributed by atoms with Gasteiger partial charge in [-0.1, -0.05) is 18.2 Å². The summed E-state index contributed by atoms with van der Waals surface area (Å²) in [5.41, 5.74) is 0.313. The molecule has 2 aliphatic heterocycles. The maximum atomic E-state index is 13.3. The third kappa shape index (κ3) is 3.57. The van der Waals surface area contributed by atoms with E-state index in [0.717, 1.165) is 5.56 Å². The number of rotatable bonds is 6. The first kappa shape index (κ1) is 22.1. The van der Waals surface area contributed by atoms with Crippen molar-refractivity contribution in [2.24, 2.45) is 0 Å². The third-order valence-corrected chi connectivity index (χ3v) is 6.98. The lowest BCUT2D eigenvalue weighted by atomic mass is 9.85. The van der Waals surface area contributed by atoms with Crippen molar-refractivity contribution in [3.8, 4) is 23.3 Å². The number of hydrogen-bond acceptors (Lipinski definition) is 7. The van der Waals surface area contributed by atoms with Gasteiger partial charge in [-0.3, -0.25) is 9.69 Å². The van der Waals surface area contributed by atoms with E-state index in [1.54, 1.807) is 44.6 Å². The Kier molecular flexibility index (Phi) is 6.04. The second-order valence-electron chi connectivity index (χ2n) is 7.49. The normalized spacial score (nSPS) is 22.4. The number of amides is 1. The standard InChI is InChI=1S/C24H24N2O5S/c1-4-31-20-10-5-15(11-21(20)30-3)18-12-22(27)26-23(19(18)13-25)32-14-24(26,28)16-6-8-17(29-2)9-7-16/h5-11,18,28H,4,12,14H2,1-3H3. The molecule has 0 saturated carbocycles. The number of methoxy groups -OCH3 is 2. The molecule has 2 atom stereocenters. The number of thioether (sulfide) groups is 1. The van der Waals surface area contributed by atoms with Crippen LogP contribution in [0.4, 0.5) is 0 Å². The summed E-state index contributed by atoms with van der Waals surface area (Å²) in [7, 11) is 3.13. The van der Waals surface area contributed by atoms with Gasteiger partial charge in [-0.2, -0.15) is 5.26 Å². The van der Waals surface area contributed by atoms with Crippen molar-refractivity contribution in [3.05, 3.63) is 64.2 Å². The van der Waals surface area contributed by atoms with Gasteiger partial charge in [0.05, 0.1) is 43.3 Å². The highest BCUT2D eigenvalue weighted by Gasteiger charge is 2.51. The zero-order valence-electron chi connectivity index (χ0n) is 18.1. The summed E-state index contributed by atoms with van der Waals surface area (Å²) in [5, 5.41) is 22.0. The molecule has 2 heterocycles. The monoisotopic (exact) mass is 452 g/mol. The van der Waals surface area contributed by atoms with Gasteiger partial charge >= 0.3 is 0 Å². The van der Waals surface area contributed by atoms with Gasteiger partial charge in [0.2, 0.25) is 5.91 Å². The molecule has 2 aromatic carbocycles. The van der Waals surface area contributed by atoms with Crippen LogP contribution in [0.1, 0.15) is 30.4 Å². The first-order chi connectivity index (χ1) is 15.5. The topological polar surface area (TPSA) is 92.0 Å². The van der Waals surface area contributed by atoms with Crippen LogP contribution in [0.3, 0.4) is 0 Å². The van der Waals surface area contributed by atoms with Crippen molar-refractivity contribution >= 4 is 17.7 Å². The highest BCUT2D eigenvalue weighted by atomic mass is 32.2. The number of nitriles is 1. The summed E-state index contributed by atoms with van der Waals surface area (Å²) < 4.78 is 16.2. The zero-order chi connectivity index (χ0) is 22.9. The number of ether oxygens (including phenoxy) is 3. The largest absolute Gasteiger partial charge is 0.497 e. The van der Waals surface area contributed by atoms with Gasteiger partial charge in [-0.15, -0.1) is 11.8 Å². The van der Waals surface area contributed by atoms with Gasteiger partial charge in [-0.25, -0.2) is 0 Å². The predicted octanol–water partition coefficient (Wildman–Crippen LogP) is 3.75. The quantitative estimate of drug-likeness (QED) is 0.714. The first-order valence-electron chi connectivity index (χ1n) is 10.2. The molecule has 0 spiro atoms. The number of fused-ring (bicyclic) bond motifs is 1. The molecule has 1 saturated heterocycles. The van der Waals surface area contributed by atoms with E-state index in [9.17, 15) is 15.2 Å². The van der Waals surface area contributed by atoms with Crippen LogP contribution in [0.2, 0.25) is 0 Å². The van der Waals surface area contributed by atoms with E-state index in [2.05, 4.69) is 6.07 Å². The Hall–Kier alpha value is -3.15. The minimum absolute atomic E-state index is 0.0720. The van der Waals surface area contributed by atoms with Crippen LogP contribution in [0.15, 0.2) is 53.1 Å². The lowest BCUT2D eigenvalue weighted by Gasteiger charge is -2.38. The molecule has 2 aromatic rings. The van der Waals surface area contributed by atoms with E-state index in [1.807, 2.05) is 19.1 Å². The first-order valence-corrected chi connectivity index (χ1v) is 11.2. The molecular weight excluding hydrogens is 428 g/mol. The highest BCUT2D eigenvalue weighted by Crippen LogP contribution is 2.52. The van der Waals surface area contributed by atoms with Crippen molar-refractivity contribution in [3.63, 3.8) is 0 Å². The van der Waals surface area contributed by atoms with E-state index in [-0.39, 0.29) is 18.1 Å². The minimum Gasteiger partial charge on any atom is -0.497 e. The molecule has 0 radical (unpaired) electrons. The molecule has 2 aliphatic rings. The van der Waals surface area contributed by atoms with E-state index in [4.69, 9.17) is 14.2 Å². The lowest BCUT2D eigenvalue weighted by molar-refractivity contribution is -0.149. The van der Waals surface area contributed by atoms with Crippen LogP contribution < -0.4 is 14.2 Å². The third-order valence-electron chi connectivity index (χ3n) is 5.75. The van der Waals surface area contributed by atoms with Gasteiger partial charge in [0.15, 0.2) is 17.2 Å². The molecule has 0 aromatic heterocycles. The predicted molar refractivity (Wildman–Crippen MR) is 120 cm³/mol. The van der Waals surface area contributed by atoms with Crippen molar-refractivity contribution in [1.82, 2.24) is 4.90 Å². The Bertz CT molecular complexity index is 1110. The second kappa shape index (κ2) is 8.77. The van der Waals surface area contributed by atoms with Crippen molar-refractivity contribution in [2.75, 3.05) is 26.6 Å². The number of hydrogen-bond donors (Lipinski definition) is 1. The van der Waals surface area contributed by atoms with E-state index in [1.165, 1.54) is 16.7 Å². The van der Waals surface area contributed by atoms with Gasteiger partial charge < -0.3 is 19.3 Å². The van der Waals surface area contributed by atoms with Crippen molar-refractivity contribution in [1.29, 1.82) is 5.26 Å². The van der Waals surface area contributed by atoms with Gasteiger partial charge in [0.25, 0.3) is 0 Å². The molecule has 32 heavy (non-hydrogen) atoms. The molecule has 1 N–H and O–H groups in total. The Labute approximate surface area is 191 Å². The molecule has 0 aliphatic carbocycles. The van der Waals surface area contributed by atoms with Crippen LogP contribution in [-0.4, -0.2) is 42.5 Å². The Morgan fingerprint density at radius 2 is 1.94 bits per heavy atom. The Balaban J connectivity index is 1.74. The SMILES string of the molecule is CCOc1ccc(C2CC(=O)N3C(=C2C#N)SCC3(O)c2ccc(OC)cc2)cc1OC. The zero-order valence-corrected chi connectivity index (χ0v) is 18.9. The fourth-order valence-corrected chi connectivity index (χ4v) is 5.52. The number of benzene rings is 2. The lowest BCUT2D eigenvalue weighted by Crippen LogP contribution is -2.48. The van der Waals surface area contributed by atoms with Crippen LogP contribution in [0.25, 0.3) is 0 Å². The van der Waals surface area contributed by atoms with Crippen molar-refractivity contribution < 1.29 is 24.1 Å². The highest BCUT2D eigenvalue weighted by molar-refractivity contribution is 8.03. The van der Waals surface area contributed by atoms with Gasteiger partial charge in [-0.05, 0) is 36.8 Å². The number of carbonyl (C=O) groups excluding carboxylic acids is 1. The molecule has 1 fully saturated rings. The summed E-state index contributed by atoms with van der Waals surface area (Å²) >= 11 is 1.32. The maximum Gasteiger partial charge on any atom is 0.231 e. The summed E-state index contributed by atoms with van der Waals surface area (Å²) in [6, 6.07) is 14.7. The number of aliphatic hydroxyl groups is 1. The summed E-state index contributed by atoms with van der Waals surface area (Å²) in [4.78, 5) is 14.7. The van der Waals surface area contributed by atoms with Crippen LogP contribution in [-0.2, 0) is 10.5 Å². The maximum absolute atomic E-state index is 13.3. The fourth-order valence-electron chi connectivity index (χ4n) is 4.16. The number of allylic oxidation sites excluding steroid dienone is 1. The van der Waals surface area contributed by atoms with E-state index >= 15 is 0 Å². The van der Waals surface area contributed by atoms with Gasteiger partial charge in [0, 0.05) is 17.9 Å². The molecule has 4 rings (SSSR count). The van der Waals surface area contributed by atoms with Crippen molar-refractivity contribution in [2.45, 2.75) is 25.0 Å². The van der Waals surface area contributed by atoms with E-state index < -0.39 is 11.6 Å². The summed E-state index contributed by atoms with van der Waals surface area (Å²) in [6.07, 6.45) is 0.0720. The molecule has 166 valence electrons. The molecule has 2 unspecified atom stereocenters. The second-order valence-corrected chi connectivity index (χ2v) is 8.46. The summed E-state index contributed by atoms with van der Waals surface area (Å²) in [6.45, 7) is 2.39. The summed E-state index contributed by atoms with van der Waals surface area (Å²) in [5.74, 6) is 1.40. The number of carbonyl (C=O) groups is 1. The number of nitrogens with zero attached hydrogens (tertiary/aromatic N) is 2. The Morgan fingerprint density at radius 1 is 1.19 bits per heavy atom. The van der Waals surface area contributed by atoms with Gasteiger partial charge in [0.1, 0.15) is 5.75 Å².